The molecule has 2 atom stereocenters. The lowest BCUT2D eigenvalue weighted by Crippen LogP contribution is -2.42. The number of rotatable bonds is 5. The highest BCUT2D eigenvalue weighted by atomic mass is 16.6. The number of aromatic nitrogens is 2. The van der Waals surface area contributed by atoms with Crippen molar-refractivity contribution in [2.75, 3.05) is 0 Å². The molecular weight excluding hydrogens is 262 g/mol. The number of ether oxygens (including phenoxy) is 1. The number of nitrogens with one attached hydrogen (secondary N) is 1. The monoisotopic (exact) mass is 285 g/mol. The van der Waals surface area contributed by atoms with E-state index in [2.05, 4.69) is 15.5 Å². The number of nitrogens with zero attached hydrogens (tertiary/aromatic N) is 2. The van der Waals surface area contributed by atoms with E-state index in [1.54, 1.807) is 20.8 Å². The summed E-state index contributed by atoms with van der Waals surface area (Å²) in [5.41, 5.74) is -0.590. The Hall–Kier alpha value is -1.63. The summed E-state index contributed by atoms with van der Waals surface area (Å²) in [5.74, 6) is 0.621. The van der Waals surface area contributed by atoms with Crippen molar-refractivity contribution in [3.05, 3.63) is 11.7 Å². The van der Waals surface area contributed by atoms with Gasteiger partial charge >= 0.3 is 6.09 Å². The van der Waals surface area contributed by atoms with Crippen molar-refractivity contribution in [3.8, 4) is 0 Å². The van der Waals surface area contributed by atoms with Gasteiger partial charge in [0.05, 0.1) is 6.04 Å². The van der Waals surface area contributed by atoms with Crippen LogP contribution < -0.4 is 5.32 Å². The number of alkyl carbamates (subject to hydrolysis) is 1. The van der Waals surface area contributed by atoms with Gasteiger partial charge in [-0.2, -0.15) is 4.98 Å². The minimum absolute atomic E-state index is 0.102. The van der Waals surface area contributed by atoms with Crippen LogP contribution in [0.3, 0.4) is 0 Å². The summed E-state index contributed by atoms with van der Waals surface area (Å²) in [6.45, 7) is 9.04. The van der Waals surface area contributed by atoms with E-state index in [0.717, 1.165) is 0 Å². The second kappa shape index (κ2) is 6.69. The molecule has 0 radical (unpaired) electrons. The Morgan fingerprint density at radius 3 is 2.55 bits per heavy atom. The molecule has 0 aromatic carbocycles. The molecule has 1 amide bonds. The third-order valence-electron chi connectivity index (χ3n) is 2.58. The molecule has 1 heterocycles. The molecule has 2 N–H and O–H groups in total. The molecule has 0 saturated heterocycles. The van der Waals surface area contributed by atoms with Gasteiger partial charge < -0.3 is 19.7 Å². The number of hydrogen-bond acceptors (Lipinski definition) is 6. The normalized spacial score (nSPS) is 14.7. The van der Waals surface area contributed by atoms with E-state index in [0.29, 0.717) is 18.7 Å². The predicted molar refractivity (Wildman–Crippen MR) is 72.1 cm³/mol. The predicted octanol–water partition coefficient (Wildman–Crippen LogP) is 1.97. The number of amides is 1. The van der Waals surface area contributed by atoms with Crippen LogP contribution in [0, 0.1) is 0 Å². The average Bonchev–Trinajstić information content (AvgIpc) is 2.81. The third-order valence-corrected chi connectivity index (χ3v) is 2.58. The van der Waals surface area contributed by atoms with Crippen LogP contribution >= 0.6 is 0 Å². The lowest BCUT2D eigenvalue weighted by molar-refractivity contribution is 0.0375. The summed E-state index contributed by atoms with van der Waals surface area (Å²) < 4.78 is 10.1. The Morgan fingerprint density at radius 1 is 1.45 bits per heavy atom. The van der Waals surface area contributed by atoms with E-state index < -0.39 is 23.8 Å². The Labute approximate surface area is 118 Å². The van der Waals surface area contributed by atoms with Gasteiger partial charge in [-0.05, 0) is 27.2 Å². The first-order chi connectivity index (χ1) is 9.26. The van der Waals surface area contributed by atoms with Crippen LogP contribution in [-0.2, 0) is 11.2 Å². The van der Waals surface area contributed by atoms with Crippen molar-refractivity contribution in [1.82, 2.24) is 15.5 Å². The van der Waals surface area contributed by atoms with Crippen molar-refractivity contribution in [2.24, 2.45) is 0 Å². The Morgan fingerprint density at radius 2 is 2.10 bits per heavy atom. The lowest BCUT2D eigenvalue weighted by Gasteiger charge is -2.24. The Kier molecular flexibility index (Phi) is 5.50. The van der Waals surface area contributed by atoms with Gasteiger partial charge in [-0.3, -0.25) is 0 Å². The van der Waals surface area contributed by atoms with Gasteiger partial charge in [-0.1, -0.05) is 19.0 Å². The highest BCUT2D eigenvalue weighted by molar-refractivity contribution is 5.68. The smallest absolute Gasteiger partial charge is 0.407 e. The average molecular weight is 285 g/mol. The van der Waals surface area contributed by atoms with Gasteiger partial charge in [0.2, 0.25) is 0 Å². The van der Waals surface area contributed by atoms with Gasteiger partial charge in [0.15, 0.2) is 11.9 Å². The van der Waals surface area contributed by atoms with E-state index in [9.17, 15) is 9.90 Å². The quantitative estimate of drug-likeness (QED) is 0.858. The van der Waals surface area contributed by atoms with Crippen molar-refractivity contribution in [1.29, 1.82) is 0 Å². The molecule has 1 rings (SSSR count). The Bertz CT molecular complexity index is 439. The SMILES string of the molecule is CCc1noc(C(O)[C@H](CC)NC(=O)OC(C)(C)C)n1. The molecular formula is C13H23N3O4. The van der Waals surface area contributed by atoms with Gasteiger partial charge in [0.1, 0.15) is 5.60 Å². The molecule has 0 fully saturated rings. The van der Waals surface area contributed by atoms with E-state index >= 15 is 0 Å². The molecule has 0 bridgehead atoms. The van der Waals surface area contributed by atoms with E-state index in [4.69, 9.17) is 9.26 Å². The molecule has 7 heteroatoms. The van der Waals surface area contributed by atoms with Crippen LogP contribution in [0.1, 0.15) is 58.9 Å². The summed E-state index contributed by atoms with van der Waals surface area (Å²) in [6, 6.07) is -0.546. The summed E-state index contributed by atoms with van der Waals surface area (Å²) in [6.07, 6.45) is -0.518. The van der Waals surface area contributed by atoms with Crippen LogP contribution in [0.25, 0.3) is 0 Å². The Balaban J connectivity index is 2.67. The molecule has 0 saturated carbocycles. The highest BCUT2D eigenvalue weighted by Gasteiger charge is 2.28. The molecule has 1 aromatic rings. The first-order valence-corrected chi connectivity index (χ1v) is 6.76. The highest BCUT2D eigenvalue weighted by Crippen LogP contribution is 2.18. The summed E-state index contributed by atoms with van der Waals surface area (Å²) in [4.78, 5) is 15.8. The molecule has 20 heavy (non-hydrogen) atoms. The zero-order valence-corrected chi connectivity index (χ0v) is 12.6. The minimum Gasteiger partial charge on any atom is -0.444 e. The van der Waals surface area contributed by atoms with E-state index in [1.807, 2.05) is 13.8 Å². The van der Waals surface area contributed by atoms with Crippen molar-refractivity contribution >= 4 is 6.09 Å². The molecule has 114 valence electrons. The number of aryl methyl sites for hydroxylation is 1. The first kappa shape index (κ1) is 16.4. The maximum Gasteiger partial charge on any atom is 0.407 e. The van der Waals surface area contributed by atoms with Crippen LogP contribution in [0.5, 0.6) is 0 Å². The second-order valence-corrected chi connectivity index (χ2v) is 5.51. The van der Waals surface area contributed by atoms with Crippen molar-refractivity contribution in [2.45, 2.75) is 65.2 Å². The van der Waals surface area contributed by atoms with Crippen LogP contribution in [0.2, 0.25) is 0 Å². The fraction of sp³-hybridized carbons (Fsp3) is 0.769. The maximum absolute atomic E-state index is 11.7. The molecule has 0 aliphatic carbocycles. The van der Waals surface area contributed by atoms with Gasteiger partial charge in [-0.15, -0.1) is 0 Å². The summed E-state index contributed by atoms with van der Waals surface area (Å²) >= 11 is 0. The number of carbonyl (C=O) groups is 1. The zero-order chi connectivity index (χ0) is 15.3. The molecule has 0 aliphatic rings. The molecule has 0 aliphatic heterocycles. The third kappa shape index (κ3) is 4.80. The molecule has 1 aromatic heterocycles. The summed E-state index contributed by atoms with van der Waals surface area (Å²) in [7, 11) is 0. The standard InChI is InChI=1S/C13H23N3O4/c1-6-8(14-12(18)19-13(3,4)5)10(17)11-15-9(7-2)16-20-11/h8,10,17H,6-7H2,1-5H3,(H,14,18)/t8-,10?/m0/s1. The number of aliphatic hydroxyl groups is 1. The molecule has 7 nitrogen and oxygen atoms in total. The second-order valence-electron chi connectivity index (χ2n) is 5.51. The van der Waals surface area contributed by atoms with Crippen molar-refractivity contribution in [3.63, 3.8) is 0 Å². The zero-order valence-electron chi connectivity index (χ0n) is 12.6. The number of carbonyl (C=O) groups excluding carboxylic acids is 1. The minimum atomic E-state index is -1.06. The van der Waals surface area contributed by atoms with Crippen molar-refractivity contribution < 1.29 is 19.2 Å². The van der Waals surface area contributed by atoms with Crippen LogP contribution in [0.4, 0.5) is 4.79 Å². The fourth-order valence-electron chi connectivity index (χ4n) is 1.57. The van der Waals surface area contributed by atoms with E-state index in [1.165, 1.54) is 0 Å². The lowest BCUT2D eigenvalue weighted by atomic mass is 10.1. The van der Waals surface area contributed by atoms with Gasteiger partial charge in [0.25, 0.3) is 5.89 Å². The van der Waals surface area contributed by atoms with Gasteiger partial charge in [-0.25, -0.2) is 4.79 Å². The molecule has 0 spiro atoms. The van der Waals surface area contributed by atoms with Crippen LogP contribution in [0.15, 0.2) is 4.52 Å². The summed E-state index contributed by atoms with van der Waals surface area (Å²) in [5, 5.41) is 16.5. The fourth-order valence-corrected chi connectivity index (χ4v) is 1.57. The first-order valence-electron chi connectivity index (χ1n) is 6.76. The van der Waals surface area contributed by atoms with Gasteiger partial charge in [0, 0.05) is 6.42 Å². The van der Waals surface area contributed by atoms with E-state index in [-0.39, 0.29) is 5.89 Å². The number of aliphatic hydroxyl groups excluding tert-OH is 1. The molecule has 1 unspecified atom stereocenters. The number of hydrogen-bond donors (Lipinski definition) is 2. The van der Waals surface area contributed by atoms with Crippen LogP contribution in [-0.4, -0.2) is 33.0 Å². The maximum atomic E-state index is 11.7. The largest absolute Gasteiger partial charge is 0.444 e. The topological polar surface area (TPSA) is 97.5 Å².